The standard InChI is InChI=1S/C18H22N2O4/c1-11(2)15-14(12(3)20-24-15)16(21)19-10-18(4,17(22)23)13-8-6-5-7-9-13/h5-9,11H,10H2,1-4H3,(H,19,21)(H,22,23). The maximum absolute atomic E-state index is 12.5. The molecule has 1 atom stereocenters. The van der Waals surface area contributed by atoms with Crippen LogP contribution in [0, 0.1) is 6.92 Å². The van der Waals surface area contributed by atoms with E-state index in [0.717, 1.165) is 0 Å². The number of carbonyl (C=O) groups excluding carboxylic acids is 1. The molecule has 0 spiro atoms. The Bertz CT molecular complexity index is 737. The van der Waals surface area contributed by atoms with Crippen molar-refractivity contribution >= 4 is 11.9 Å². The molecule has 2 aromatic rings. The highest BCUT2D eigenvalue weighted by molar-refractivity contribution is 5.96. The molecular weight excluding hydrogens is 308 g/mol. The molecule has 1 amide bonds. The van der Waals surface area contributed by atoms with Crippen molar-refractivity contribution < 1.29 is 19.2 Å². The van der Waals surface area contributed by atoms with Crippen LogP contribution in [0.3, 0.4) is 0 Å². The number of nitrogens with one attached hydrogen (secondary N) is 1. The predicted molar refractivity (Wildman–Crippen MR) is 89.1 cm³/mol. The van der Waals surface area contributed by atoms with Gasteiger partial charge in [-0.1, -0.05) is 49.3 Å². The highest BCUT2D eigenvalue weighted by Crippen LogP contribution is 2.25. The molecule has 2 N–H and O–H groups in total. The molecule has 6 heteroatoms. The van der Waals surface area contributed by atoms with Gasteiger partial charge in [0.15, 0.2) is 5.76 Å². The van der Waals surface area contributed by atoms with Crippen LogP contribution in [0.1, 0.15) is 54.1 Å². The minimum absolute atomic E-state index is 0.00642. The molecule has 0 saturated carbocycles. The van der Waals surface area contributed by atoms with Crippen molar-refractivity contribution in [3.8, 4) is 0 Å². The van der Waals surface area contributed by atoms with Gasteiger partial charge >= 0.3 is 5.97 Å². The van der Waals surface area contributed by atoms with Crippen LogP contribution in [0.15, 0.2) is 34.9 Å². The quantitative estimate of drug-likeness (QED) is 0.849. The lowest BCUT2D eigenvalue weighted by atomic mass is 9.82. The van der Waals surface area contributed by atoms with E-state index >= 15 is 0 Å². The van der Waals surface area contributed by atoms with E-state index in [9.17, 15) is 14.7 Å². The van der Waals surface area contributed by atoms with E-state index in [1.54, 1.807) is 38.1 Å². The third kappa shape index (κ3) is 3.32. The van der Waals surface area contributed by atoms with Gasteiger partial charge in [-0.15, -0.1) is 0 Å². The number of carboxylic acids is 1. The molecule has 6 nitrogen and oxygen atoms in total. The summed E-state index contributed by atoms with van der Waals surface area (Å²) in [6, 6.07) is 8.85. The zero-order valence-electron chi connectivity index (χ0n) is 14.3. The van der Waals surface area contributed by atoms with Crippen LogP contribution >= 0.6 is 0 Å². The molecule has 0 bridgehead atoms. The van der Waals surface area contributed by atoms with E-state index in [4.69, 9.17) is 4.52 Å². The molecule has 128 valence electrons. The maximum Gasteiger partial charge on any atom is 0.315 e. The van der Waals surface area contributed by atoms with Crippen LogP contribution in [0.5, 0.6) is 0 Å². The smallest absolute Gasteiger partial charge is 0.315 e. The molecule has 0 aliphatic carbocycles. The second kappa shape index (κ2) is 6.86. The van der Waals surface area contributed by atoms with E-state index in [2.05, 4.69) is 10.5 Å². The zero-order chi connectivity index (χ0) is 17.9. The number of carbonyl (C=O) groups is 2. The third-order valence-corrected chi connectivity index (χ3v) is 4.13. The number of nitrogens with zero attached hydrogens (tertiary/aromatic N) is 1. The molecule has 1 heterocycles. The molecule has 1 unspecified atom stereocenters. The maximum atomic E-state index is 12.5. The first kappa shape index (κ1) is 17.7. The Labute approximate surface area is 140 Å². The van der Waals surface area contributed by atoms with Gasteiger partial charge in [0.05, 0.1) is 5.69 Å². The topological polar surface area (TPSA) is 92.4 Å². The number of carboxylic acid groups (broad SMARTS) is 1. The van der Waals surface area contributed by atoms with Crippen LogP contribution in [-0.2, 0) is 10.2 Å². The fourth-order valence-electron chi connectivity index (χ4n) is 2.51. The molecule has 1 aromatic heterocycles. The SMILES string of the molecule is Cc1noc(C(C)C)c1C(=O)NCC(C)(C(=O)O)c1ccccc1. The number of rotatable bonds is 6. The van der Waals surface area contributed by atoms with Crippen molar-refractivity contribution in [3.05, 3.63) is 52.9 Å². The first-order valence-corrected chi connectivity index (χ1v) is 7.80. The molecule has 0 aliphatic heterocycles. The summed E-state index contributed by atoms with van der Waals surface area (Å²) in [5.41, 5.74) is 0.280. The van der Waals surface area contributed by atoms with Gasteiger partial charge in [-0.25, -0.2) is 0 Å². The van der Waals surface area contributed by atoms with Gasteiger partial charge in [-0.2, -0.15) is 0 Å². The van der Waals surface area contributed by atoms with Crippen molar-refractivity contribution in [2.75, 3.05) is 6.54 Å². The Morgan fingerprint density at radius 3 is 2.46 bits per heavy atom. The van der Waals surface area contributed by atoms with Crippen molar-refractivity contribution in [1.29, 1.82) is 0 Å². The van der Waals surface area contributed by atoms with Gasteiger partial charge in [0.2, 0.25) is 0 Å². The average Bonchev–Trinajstić information content (AvgIpc) is 2.95. The lowest BCUT2D eigenvalue weighted by molar-refractivity contribution is -0.142. The van der Waals surface area contributed by atoms with Crippen LogP contribution < -0.4 is 5.32 Å². The summed E-state index contributed by atoms with van der Waals surface area (Å²) in [4.78, 5) is 24.3. The number of amides is 1. The third-order valence-electron chi connectivity index (χ3n) is 4.13. The number of hydrogen-bond donors (Lipinski definition) is 2. The average molecular weight is 330 g/mol. The highest BCUT2D eigenvalue weighted by atomic mass is 16.5. The molecule has 0 saturated heterocycles. The van der Waals surface area contributed by atoms with E-state index < -0.39 is 11.4 Å². The number of aryl methyl sites for hydroxylation is 1. The van der Waals surface area contributed by atoms with Crippen LogP contribution in [0.4, 0.5) is 0 Å². The molecule has 2 rings (SSSR count). The Hall–Kier alpha value is -2.63. The van der Waals surface area contributed by atoms with Crippen LogP contribution in [0.2, 0.25) is 0 Å². The Kier molecular flexibility index (Phi) is 5.07. The normalized spacial score (nSPS) is 13.5. The van der Waals surface area contributed by atoms with Crippen LogP contribution in [0.25, 0.3) is 0 Å². The summed E-state index contributed by atoms with van der Waals surface area (Å²) in [5, 5.41) is 16.2. The van der Waals surface area contributed by atoms with E-state index in [-0.39, 0.29) is 18.4 Å². The van der Waals surface area contributed by atoms with Crippen molar-refractivity contribution in [2.24, 2.45) is 0 Å². The number of aliphatic carboxylic acids is 1. The number of benzene rings is 1. The number of hydrogen-bond acceptors (Lipinski definition) is 4. The first-order chi connectivity index (χ1) is 11.3. The molecule has 24 heavy (non-hydrogen) atoms. The molecule has 0 radical (unpaired) electrons. The van der Waals surface area contributed by atoms with E-state index in [1.807, 2.05) is 19.9 Å². The second-order valence-electron chi connectivity index (χ2n) is 6.35. The Balaban J connectivity index is 2.24. The predicted octanol–water partition coefficient (Wildman–Crippen LogP) is 2.88. The summed E-state index contributed by atoms with van der Waals surface area (Å²) in [6.45, 7) is 7.06. The minimum atomic E-state index is -1.22. The first-order valence-electron chi connectivity index (χ1n) is 7.80. The van der Waals surface area contributed by atoms with Gasteiger partial charge in [0.25, 0.3) is 5.91 Å². The fourth-order valence-corrected chi connectivity index (χ4v) is 2.51. The Morgan fingerprint density at radius 2 is 1.92 bits per heavy atom. The fraction of sp³-hybridized carbons (Fsp3) is 0.389. The van der Waals surface area contributed by atoms with E-state index in [0.29, 0.717) is 22.6 Å². The summed E-state index contributed by atoms with van der Waals surface area (Å²) in [6.07, 6.45) is 0. The Morgan fingerprint density at radius 1 is 1.29 bits per heavy atom. The van der Waals surface area contributed by atoms with Crippen molar-refractivity contribution in [2.45, 2.75) is 39.0 Å². The lowest BCUT2D eigenvalue weighted by Crippen LogP contribution is -2.44. The molecular formula is C18H22N2O4. The minimum Gasteiger partial charge on any atom is -0.481 e. The summed E-state index contributed by atoms with van der Waals surface area (Å²) < 4.78 is 5.21. The van der Waals surface area contributed by atoms with E-state index in [1.165, 1.54) is 0 Å². The molecule has 1 aromatic carbocycles. The summed E-state index contributed by atoms with van der Waals surface area (Å²) >= 11 is 0. The van der Waals surface area contributed by atoms with Gasteiger partial charge in [0, 0.05) is 12.5 Å². The van der Waals surface area contributed by atoms with Crippen molar-refractivity contribution in [1.82, 2.24) is 10.5 Å². The monoisotopic (exact) mass is 330 g/mol. The summed E-state index contributed by atoms with van der Waals surface area (Å²) in [5.74, 6) is -0.866. The molecule has 0 aliphatic rings. The van der Waals surface area contributed by atoms with Crippen molar-refractivity contribution in [3.63, 3.8) is 0 Å². The largest absolute Gasteiger partial charge is 0.481 e. The zero-order valence-corrected chi connectivity index (χ0v) is 14.3. The van der Waals surface area contributed by atoms with Gasteiger partial charge in [-0.05, 0) is 19.4 Å². The number of aromatic nitrogens is 1. The van der Waals surface area contributed by atoms with Gasteiger partial charge in [-0.3, -0.25) is 9.59 Å². The highest BCUT2D eigenvalue weighted by Gasteiger charge is 2.36. The van der Waals surface area contributed by atoms with Gasteiger partial charge < -0.3 is 14.9 Å². The van der Waals surface area contributed by atoms with Crippen LogP contribution in [-0.4, -0.2) is 28.7 Å². The lowest BCUT2D eigenvalue weighted by Gasteiger charge is -2.25. The molecule has 0 fully saturated rings. The van der Waals surface area contributed by atoms with Gasteiger partial charge in [0.1, 0.15) is 11.0 Å². The summed E-state index contributed by atoms with van der Waals surface area (Å²) in [7, 11) is 0. The second-order valence-corrected chi connectivity index (χ2v) is 6.35.